The fourth-order valence-electron chi connectivity index (χ4n) is 3.25. The molecule has 0 saturated carbocycles. The predicted octanol–water partition coefficient (Wildman–Crippen LogP) is 4.24. The zero-order valence-electron chi connectivity index (χ0n) is 14.3. The maximum Gasteiger partial charge on any atom is 0.309 e. The quantitative estimate of drug-likeness (QED) is 0.676. The van der Waals surface area contributed by atoms with Crippen LogP contribution in [0.4, 0.5) is 0 Å². The molecule has 1 rings (SSSR count). The molecule has 0 heterocycles. The predicted molar refractivity (Wildman–Crippen MR) is 90.3 cm³/mol. The lowest BCUT2D eigenvalue weighted by molar-refractivity contribution is -0.155. The number of aliphatic carboxylic acids is 2. The smallest absolute Gasteiger partial charge is 0.309 e. The fraction of sp³-hybridized carbons (Fsp3) is 0.579. The van der Waals surface area contributed by atoms with Crippen LogP contribution in [0.3, 0.4) is 0 Å². The number of carbonyl (C=O) groups is 2. The van der Waals surface area contributed by atoms with E-state index in [0.717, 1.165) is 12.0 Å². The summed E-state index contributed by atoms with van der Waals surface area (Å²) in [7, 11) is 0. The number of carboxylic acids is 2. The van der Waals surface area contributed by atoms with E-state index < -0.39 is 23.3 Å². The van der Waals surface area contributed by atoms with E-state index in [0.29, 0.717) is 25.7 Å². The highest BCUT2D eigenvalue weighted by Crippen LogP contribution is 2.41. The van der Waals surface area contributed by atoms with Gasteiger partial charge in [-0.15, -0.1) is 0 Å². The molecule has 0 aromatic heterocycles. The van der Waals surface area contributed by atoms with Gasteiger partial charge in [0.05, 0.1) is 11.3 Å². The number of rotatable bonds is 10. The van der Waals surface area contributed by atoms with Crippen LogP contribution < -0.4 is 0 Å². The van der Waals surface area contributed by atoms with Gasteiger partial charge in [-0.3, -0.25) is 9.59 Å². The van der Waals surface area contributed by atoms with Crippen molar-refractivity contribution in [1.29, 1.82) is 0 Å². The molecule has 0 spiro atoms. The van der Waals surface area contributed by atoms with Gasteiger partial charge in [0.15, 0.2) is 0 Å². The summed E-state index contributed by atoms with van der Waals surface area (Å²) in [5, 5.41) is 19.0. The van der Waals surface area contributed by atoms with Crippen molar-refractivity contribution in [2.24, 2.45) is 17.3 Å². The van der Waals surface area contributed by atoms with Gasteiger partial charge in [0.25, 0.3) is 0 Å². The molecule has 0 bridgehead atoms. The Morgan fingerprint density at radius 3 is 2.17 bits per heavy atom. The van der Waals surface area contributed by atoms with Gasteiger partial charge in [-0.25, -0.2) is 0 Å². The van der Waals surface area contributed by atoms with E-state index in [1.54, 1.807) is 6.92 Å². The highest BCUT2D eigenvalue weighted by atomic mass is 16.4. The van der Waals surface area contributed by atoms with Crippen molar-refractivity contribution in [2.75, 3.05) is 0 Å². The second-order valence-electron chi connectivity index (χ2n) is 6.58. The molecule has 4 heteroatoms. The standard InChI is InChI=1S/C19H28O4/c1-4-11-19(18(22)23,12-10-14(2)17(20)21)15(3)13-16-8-6-5-7-9-16/h5-9,14-15H,4,10-13H2,1-3H3,(H,20,21)(H,22,23). The molecule has 3 unspecified atom stereocenters. The molecule has 0 saturated heterocycles. The molecule has 0 radical (unpaired) electrons. The van der Waals surface area contributed by atoms with Crippen LogP contribution in [0, 0.1) is 17.3 Å². The van der Waals surface area contributed by atoms with Crippen molar-refractivity contribution in [3.63, 3.8) is 0 Å². The Morgan fingerprint density at radius 1 is 1.09 bits per heavy atom. The van der Waals surface area contributed by atoms with Crippen LogP contribution in [0.2, 0.25) is 0 Å². The minimum absolute atomic E-state index is 0.0525. The topological polar surface area (TPSA) is 74.6 Å². The molecule has 0 aliphatic heterocycles. The van der Waals surface area contributed by atoms with E-state index in [1.165, 1.54) is 0 Å². The first-order chi connectivity index (χ1) is 10.8. The Labute approximate surface area is 138 Å². The van der Waals surface area contributed by atoms with Gasteiger partial charge in [-0.05, 0) is 37.2 Å². The normalized spacial score (nSPS) is 16.3. The third-order valence-electron chi connectivity index (χ3n) is 4.90. The highest BCUT2D eigenvalue weighted by Gasteiger charge is 2.42. The second kappa shape index (κ2) is 8.70. The average Bonchev–Trinajstić information content (AvgIpc) is 2.51. The molecule has 128 valence electrons. The molecule has 0 aliphatic carbocycles. The lowest BCUT2D eigenvalue weighted by atomic mass is 9.67. The van der Waals surface area contributed by atoms with Crippen molar-refractivity contribution in [3.05, 3.63) is 35.9 Å². The van der Waals surface area contributed by atoms with Crippen LogP contribution in [0.15, 0.2) is 30.3 Å². The Balaban J connectivity index is 2.97. The van der Waals surface area contributed by atoms with Gasteiger partial charge in [0.1, 0.15) is 0 Å². The molecule has 0 aliphatic rings. The number of carboxylic acid groups (broad SMARTS) is 2. The van der Waals surface area contributed by atoms with Gasteiger partial charge in [-0.2, -0.15) is 0 Å². The molecule has 1 aromatic rings. The van der Waals surface area contributed by atoms with Crippen molar-refractivity contribution in [3.8, 4) is 0 Å². The van der Waals surface area contributed by atoms with E-state index in [-0.39, 0.29) is 5.92 Å². The zero-order valence-corrected chi connectivity index (χ0v) is 14.3. The van der Waals surface area contributed by atoms with Crippen LogP contribution in [0.1, 0.15) is 52.0 Å². The Morgan fingerprint density at radius 2 is 1.70 bits per heavy atom. The maximum absolute atomic E-state index is 12.1. The third-order valence-corrected chi connectivity index (χ3v) is 4.90. The van der Waals surface area contributed by atoms with Gasteiger partial charge >= 0.3 is 11.9 Å². The molecule has 3 atom stereocenters. The van der Waals surface area contributed by atoms with Crippen LogP contribution in [-0.2, 0) is 16.0 Å². The lowest BCUT2D eigenvalue weighted by Crippen LogP contribution is -2.39. The molecule has 23 heavy (non-hydrogen) atoms. The molecule has 0 amide bonds. The van der Waals surface area contributed by atoms with Crippen LogP contribution in [0.5, 0.6) is 0 Å². The third kappa shape index (κ3) is 5.08. The van der Waals surface area contributed by atoms with E-state index in [9.17, 15) is 14.7 Å². The summed E-state index contributed by atoms with van der Waals surface area (Å²) in [5.74, 6) is -2.24. The summed E-state index contributed by atoms with van der Waals surface area (Å²) < 4.78 is 0. The van der Waals surface area contributed by atoms with E-state index in [1.807, 2.05) is 44.2 Å². The molecule has 0 fully saturated rings. The molecular formula is C19H28O4. The number of hydrogen-bond donors (Lipinski definition) is 2. The minimum Gasteiger partial charge on any atom is -0.481 e. The van der Waals surface area contributed by atoms with Crippen LogP contribution in [0.25, 0.3) is 0 Å². The van der Waals surface area contributed by atoms with Crippen molar-refractivity contribution < 1.29 is 19.8 Å². The van der Waals surface area contributed by atoms with E-state index >= 15 is 0 Å². The second-order valence-corrected chi connectivity index (χ2v) is 6.58. The van der Waals surface area contributed by atoms with Gasteiger partial charge in [0.2, 0.25) is 0 Å². The summed E-state index contributed by atoms with van der Waals surface area (Å²) in [6.45, 7) is 5.60. The molecule has 4 nitrogen and oxygen atoms in total. The number of benzene rings is 1. The first-order valence-electron chi connectivity index (χ1n) is 8.33. The largest absolute Gasteiger partial charge is 0.481 e. The number of hydrogen-bond acceptors (Lipinski definition) is 2. The van der Waals surface area contributed by atoms with Crippen LogP contribution >= 0.6 is 0 Å². The summed E-state index contributed by atoms with van der Waals surface area (Å²) in [5.41, 5.74) is 0.252. The SMILES string of the molecule is CCCC(CCC(C)C(=O)O)(C(=O)O)C(C)Cc1ccccc1. The average molecular weight is 320 g/mol. The fourth-order valence-corrected chi connectivity index (χ4v) is 3.25. The molecule has 1 aromatic carbocycles. The summed E-state index contributed by atoms with van der Waals surface area (Å²) in [6, 6.07) is 9.87. The summed E-state index contributed by atoms with van der Waals surface area (Å²) >= 11 is 0. The summed E-state index contributed by atoms with van der Waals surface area (Å²) in [6.07, 6.45) is 2.82. The van der Waals surface area contributed by atoms with Crippen molar-refractivity contribution >= 4 is 11.9 Å². The van der Waals surface area contributed by atoms with Crippen LogP contribution in [-0.4, -0.2) is 22.2 Å². The monoisotopic (exact) mass is 320 g/mol. The van der Waals surface area contributed by atoms with Crippen molar-refractivity contribution in [2.45, 2.75) is 52.9 Å². The molecular weight excluding hydrogens is 292 g/mol. The lowest BCUT2D eigenvalue weighted by Gasteiger charge is -2.36. The Kier molecular flexibility index (Phi) is 7.27. The first kappa shape index (κ1) is 19.2. The Hall–Kier alpha value is -1.84. The molecule has 2 N–H and O–H groups in total. The zero-order chi connectivity index (χ0) is 17.5. The highest BCUT2D eigenvalue weighted by molar-refractivity contribution is 5.75. The van der Waals surface area contributed by atoms with Gasteiger partial charge in [-0.1, -0.05) is 57.5 Å². The first-order valence-corrected chi connectivity index (χ1v) is 8.33. The Bertz CT molecular complexity index is 511. The summed E-state index contributed by atoms with van der Waals surface area (Å²) in [4.78, 5) is 23.1. The van der Waals surface area contributed by atoms with Crippen molar-refractivity contribution in [1.82, 2.24) is 0 Å². The minimum atomic E-state index is -0.867. The van der Waals surface area contributed by atoms with E-state index in [2.05, 4.69) is 0 Å². The maximum atomic E-state index is 12.1. The van der Waals surface area contributed by atoms with Gasteiger partial charge in [0, 0.05) is 0 Å². The van der Waals surface area contributed by atoms with E-state index in [4.69, 9.17) is 5.11 Å². The van der Waals surface area contributed by atoms with Gasteiger partial charge < -0.3 is 10.2 Å².